The number of benzene rings is 1. The van der Waals surface area contributed by atoms with Crippen molar-refractivity contribution in [3.05, 3.63) is 30.1 Å². The lowest BCUT2D eigenvalue weighted by Gasteiger charge is -2.26. The van der Waals surface area contributed by atoms with E-state index in [0.717, 1.165) is 18.5 Å². The van der Waals surface area contributed by atoms with E-state index in [1.54, 1.807) is 0 Å². The average molecular weight is 277 g/mol. The van der Waals surface area contributed by atoms with Gasteiger partial charge in [0.15, 0.2) is 0 Å². The molecule has 19 heavy (non-hydrogen) atoms. The zero-order valence-corrected chi connectivity index (χ0v) is 12.2. The summed E-state index contributed by atoms with van der Waals surface area (Å²) in [5.41, 5.74) is 2.36. The van der Waals surface area contributed by atoms with Gasteiger partial charge >= 0.3 is 0 Å². The summed E-state index contributed by atoms with van der Waals surface area (Å²) in [5, 5.41) is 0.332. The summed E-state index contributed by atoms with van der Waals surface area (Å²) in [7, 11) is 0. The number of hydrogen-bond acceptors (Lipinski definition) is 1. The maximum atomic E-state index is 6.49. The van der Waals surface area contributed by atoms with Crippen LogP contribution in [0.2, 0.25) is 0 Å². The number of aryl methyl sites for hydroxylation is 1. The molecule has 1 saturated carbocycles. The van der Waals surface area contributed by atoms with E-state index in [1.165, 1.54) is 37.0 Å². The molecule has 1 aromatic carbocycles. The average Bonchev–Trinajstić information content (AvgIpc) is 2.78. The maximum absolute atomic E-state index is 6.49. The van der Waals surface area contributed by atoms with Crippen LogP contribution in [0.1, 0.15) is 38.4 Å². The smallest absolute Gasteiger partial charge is 0.110 e. The van der Waals surface area contributed by atoms with Gasteiger partial charge in [0.05, 0.1) is 11.0 Å². The molecule has 2 atom stereocenters. The molecule has 0 N–H and O–H groups in total. The molecule has 1 aliphatic carbocycles. The van der Waals surface area contributed by atoms with Crippen molar-refractivity contribution in [1.82, 2.24) is 9.55 Å². The van der Waals surface area contributed by atoms with Crippen molar-refractivity contribution in [3.8, 4) is 0 Å². The summed E-state index contributed by atoms with van der Waals surface area (Å²) in [6.07, 6.45) is 6.05. The zero-order valence-electron chi connectivity index (χ0n) is 11.5. The van der Waals surface area contributed by atoms with E-state index in [-0.39, 0.29) is 0 Å². The molecule has 3 rings (SSSR count). The topological polar surface area (TPSA) is 17.8 Å². The second-order valence-corrected chi connectivity index (χ2v) is 6.09. The van der Waals surface area contributed by atoms with Crippen LogP contribution in [0.25, 0.3) is 11.0 Å². The minimum absolute atomic E-state index is 0.332. The third-order valence-electron chi connectivity index (χ3n) is 4.31. The summed E-state index contributed by atoms with van der Waals surface area (Å²) >= 11 is 6.49. The molecule has 0 bridgehead atoms. The third kappa shape index (κ3) is 2.51. The van der Waals surface area contributed by atoms with Crippen molar-refractivity contribution >= 4 is 22.6 Å². The molecule has 2 nitrogen and oxygen atoms in total. The first kappa shape index (κ1) is 13.0. The van der Waals surface area contributed by atoms with Crippen LogP contribution in [0.4, 0.5) is 0 Å². The zero-order chi connectivity index (χ0) is 13.2. The van der Waals surface area contributed by atoms with Crippen LogP contribution < -0.4 is 0 Å². The van der Waals surface area contributed by atoms with Crippen molar-refractivity contribution in [1.29, 1.82) is 0 Å². The van der Waals surface area contributed by atoms with E-state index in [0.29, 0.717) is 11.3 Å². The van der Waals surface area contributed by atoms with Crippen LogP contribution in [-0.4, -0.2) is 14.9 Å². The van der Waals surface area contributed by atoms with E-state index in [1.807, 2.05) is 0 Å². The van der Waals surface area contributed by atoms with E-state index in [2.05, 4.69) is 35.8 Å². The van der Waals surface area contributed by atoms with Crippen molar-refractivity contribution in [2.24, 2.45) is 5.92 Å². The summed E-state index contributed by atoms with van der Waals surface area (Å²) in [4.78, 5) is 4.82. The molecule has 1 aromatic heterocycles. The van der Waals surface area contributed by atoms with Gasteiger partial charge in [-0.15, -0.1) is 11.6 Å². The van der Waals surface area contributed by atoms with Crippen LogP contribution >= 0.6 is 11.6 Å². The molecule has 0 radical (unpaired) electrons. The van der Waals surface area contributed by atoms with E-state index in [9.17, 15) is 0 Å². The number of fused-ring (bicyclic) bond motifs is 1. The highest BCUT2D eigenvalue weighted by Crippen LogP contribution is 2.31. The Morgan fingerprint density at radius 1 is 1.26 bits per heavy atom. The quantitative estimate of drug-likeness (QED) is 0.760. The largest absolute Gasteiger partial charge is 0.328 e. The van der Waals surface area contributed by atoms with E-state index in [4.69, 9.17) is 16.6 Å². The van der Waals surface area contributed by atoms with Crippen LogP contribution in [0.5, 0.6) is 0 Å². The minimum atomic E-state index is 0.332. The summed E-state index contributed by atoms with van der Waals surface area (Å²) in [6, 6.07) is 8.41. The monoisotopic (exact) mass is 276 g/mol. The molecular weight excluding hydrogens is 256 g/mol. The fourth-order valence-electron chi connectivity index (χ4n) is 3.26. The van der Waals surface area contributed by atoms with E-state index < -0.39 is 0 Å². The fourth-order valence-corrected chi connectivity index (χ4v) is 3.63. The van der Waals surface area contributed by atoms with Crippen molar-refractivity contribution in [2.45, 2.75) is 50.9 Å². The minimum Gasteiger partial charge on any atom is -0.328 e. The Morgan fingerprint density at radius 2 is 2.05 bits per heavy atom. The van der Waals surface area contributed by atoms with Gasteiger partial charge in [0, 0.05) is 18.3 Å². The highest BCUT2D eigenvalue weighted by Gasteiger charge is 2.25. The van der Waals surface area contributed by atoms with Crippen LogP contribution in [-0.2, 0) is 13.0 Å². The summed E-state index contributed by atoms with van der Waals surface area (Å²) in [6.45, 7) is 3.17. The highest BCUT2D eigenvalue weighted by atomic mass is 35.5. The number of hydrogen-bond donors (Lipinski definition) is 0. The van der Waals surface area contributed by atoms with Gasteiger partial charge in [-0.1, -0.05) is 25.0 Å². The number of rotatable bonds is 3. The number of imidazole rings is 1. The van der Waals surface area contributed by atoms with Gasteiger partial charge in [-0.25, -0.2) is 4.98 Å². The van der Waals surface area contributed by atoms with Gasteiger partial charge in [-0.05, 0) is 37.8 Å². The fraction of sp³-hybridized carbons (Fsp3) is 0.562. The molecule has 0 saturated heterocycles. The highest BCUT2D eigenvalue weighted by molar-refractivity contribution is 6.20. The first-order valence-corrected chi connectivity index (χ1v) is 7.81. The van der Waals surface area contributed by atoms with Gasteiger partial charge in [0.1, 0.15) is 5.82 Å². The predicted molar refractivity (Wildman–Crippen MR) is 80.7 cm³/mol. The normalized spacial score (nSPS) is 23.9. The van der Waals surface area contributed by atoms with Crippen LogP contribution in [0, 0.1) is 5.92 Å². The third-order valence-corrected chi connectivity index (χ3v) is 4.89. The number of para-hydroxylation sites is 2. The molecule has 2 unspecified atom stereocenters. The predicted octanol–water partition coefficient (Wildman–Crippen LogP) is 4.40. The Bertz CT molecular complexity index is 561. The molecule has 1 fully saturated rings. The molecule has 0 amide bonds. The molecule has 2 aromatic rings. The Hall–Kier alpha value is -1.02. The first-order valence-electron chi connectivity index (χ1n) is 7.37. The first-order chi connectivity index (χ1) is 9.29. The summed E-state index contributed by atoms with van der Waals surface area (Å²) < 4.78 is 2.34. The van der Waals surface area contributed by atoms with Gasteiger partial charge < -0.3 is 4.57 Å². The second kappa shape index (κ2) is 5.54. The standard InChI is InChI=1S/C16H21ClN2/c1-2-19-15-10-6-5-9-14(15)18-16(19)11-12-7-3-4-8-13(12)17/h5-6,9-10,12-13H,2-4,7-8,11H2,1H3. The van der Waals surface area contributed by atoms with Gasteiger partial charge in [0.25, 0.3) is 0 Å². The number of halogens is 1. The molecular formula is C16H21ClN2. The van der Waals surface area contributed by atoms with Gasteiger partial charge in [-0.2, -0.15) is 0 Å². The lowest BCUT2D eigenvalue weighted by Crippen LogP contribution is -2.23. The van der Waals surface area contributed by atoms with Gasteiger partial charge in [0.2, 0.25) is 0 Å². The van der Waals surface area contributed by atoms with Crippen molar-refractivity contribution in [2.75, 3.05) is 0 Å². The molecule has 0 spiro atoms. The molecule has 0 aliphatic heterocycles. The van der Waals surface area contributed by atoms with Crippen LogP contribution in [0.15, 0.2) is 24.3 Å². The SMILES string of the molecule is CCn1c(CC2CCCCC2Cl)nc2ccccc21. The lowest BCUT2D eigenvalue weighted by molar-refractivity contribution is 0.355. The van der Waals surface area contributed by atoms with Crippen molar-refractivity contribution in [3.63, 3.8) is 0 Å². The Labute approximate surface area is 119 Å². The molecule has 102 valence electrons. The number of aromatic nitrogens is 2. The molecule has 1 aliphatic rings. The Morgan fingerprint density at radius 3 is 2.84 bits per heavy atom. The molecule has 3 heteroatoms. The van der Waals surface area contributed by atoms with Crippen LogP contribution in [0.3, 0.4) is 0 Å². The number of alkyl halides is 1. The van der Waals surface area contributed by atoms with Gasteiger partial charge in [-0.3, -0.25) is 0 Å². The van der Waals surface area contributed by atoms with E-state index >= 15 is 0 Å². The Kier molecular flexibility index (Phi) is 3.79. The lowest BCUT2D eigenvalue weighted by atomic mass is 9.86. The number of nitrogens with zero attached hydrogens (tertiary/aromatic N) is 2. The molecule has 1 heterocycles. The maximum Gasteiger partial charge on any atom is 0.110 e. The summed E-state index contributed by atoms with van der Waals surface area (Å²) in [5.74, 6) is 1.80. The van der Waals surface area contributed by atoms with Crippen molar-refractivity contribution < 1.29 is 0 Å². The Balaban J connectivity index is 1.91. The second-order valence-electron chi connectivity index (χ2n) is 5.53.